The molecule has 0 radical (unpaired) electrons. The molecule has 0 aromatic carbocycles. The van der Waals surface area contributed by atoms with Crippen LogP contribution in [0.25, 0.3) is 5.52 Å². The Hall–Kier alpha value is -1.17. The molecule has 0 amide bonds. The van der Waals surface area contributed by atoms with E-state index in [-0.39, 0.29) is 0 Å². The van der Waals surface area contributed by atoms with Crippen LogP contribution < -0.4 is 5.73 Å². The Morgan fingerprint density at radius 1 is 1.58 bits per heavy atom. The molecule has 5 nitrogen and oxygen atoms in total. The lowest BCUT2D eigenvalue weighted by Crippen LogP contribution is -1.99. The Balaban J connectivity index is 2.97. The summed E-state index contributed by atoms with van der Waals surface area (Å²) in [6.07, 6.45) is 1.38. The maximum atomic E-state index is 5.64. The molecule has 2 aromatic rings. The van der Waals surface area contributed by atoms with Gasteiger partial charge in [-0.15, -0.1) is 14.8 Å². The summed E-state index contributed by atoms with van der Waals surface area (Å²) in [5.74, 6) is 0.445. The van der Waals surface area contributed by atoms with Crippen molar-refractivity contribution in [2.75, 3.05) is 5.73 Å². The van der Waals surface area contributed by atoms with Crippen molar-refractivity contribution in [3.8, 4) is 0 Å². The fraction of sp³-hybridized carbons (Fsp3) is 0.167. The molecule has 2 rings (SSSR count). The maximum Gasteiger partial charge on any atom is 0.153 e. The molecule has 12 heavy (non-hydrogen) atoms. The van der Waals surface area contributed by atoms with Gasteiger partial charge in [0.25, 0.3) is 0 Å². The van der Waals surface area contributed by atoms with Crippen molar-refractivity contribution < 1.29 is 0 Å². The van der Waals surface area contributed by atoms with Crippen LogP contribution in [0.2, 0.25) is 0 Å². The Morgan fingerprint density at radius 3 is 3.00 bits per heavy atom. The predicted octanol–water partition coefficient (Wildman–Crippen LogP) is 0.777. The summed E-state index contributed by atoms with van der Waals surface area (Å²) >= 11 is 3.29. The fourth-order valence-corrected chi connectivity index (χ4v) is 1.37. The van der Waals surface area contributed by atoms with Crippen molar-refractivity contribution in [1.82, 2.24) is 19.8 Å². The second kappa shape index (κ2) is 2.41. The average molecular weight is 228 g/mol. The molecule has 0 aliphatic heterocycles. The van der Waals surface area contributed by atoms with Crippen LogP contribution in [0.15, 0.2) is 10.9 Å². The van der Waals surface area contributed by atoms with E-state index in [1.54, 1.807) is 0 Å². The van der Waals surface area contributed by atoms with Gasteiger partial charge in [0.2, 0.25) is 0 Å². The molecule has 0 spiro atoms. The zero-order valence-corrected chi connectivity index (χ0v) is 7.91. The first-order valence-corrected chi connectivity index (χ1v) is 4.11. The van der Waals surface area contributed by atoms with Crippen LogP contribution in [0.4, 0.5) is 5.82 Å². The number of hydrogen-bond donors (Lipinski definition) is 1. The number of nitrogen functional groups attached to an aromatic ring is 1. The Kier molecular flexibility index (Phi) is 1.50. The average Bonchev–Trinajstić information content (AvgIpc) is 2.29. The van der Waals surface area contributed by atoms with Gasteiger partial charge in [0.1, 0.15) is 16.4 Å². The molecular formula is C6H6BrN5. The van der Waals surface area contributed by atoms with E-state index < -0.39 is 0 Å². The highest BCUT2D eigenvalue weighted by atomic mass is 79.9. The number of aromatic nitrogens is 4. The number of nitrogens with zero attached hydrogens (tertiary/aromatic N) is 4. The summed E-state index contributed by atoms with van der Waals surface area (Å²) in [5.41, 5.74) is 7.34. The monoisotopic (exact) mass is 227 g/mol. The van der Waals surface area contributed by atoms with E-state index in [4.69, 9.17) is 5.73 Å². The number of aryl methyl sites for hydroxylation is 1. The third-order valence-electron chi connectivity index (χ3n) is 1.65. The molecule has 62 valence electrons. The minimum Gasteiger partial charge on any atom is -0.382 e. The summed E-state index contributed by atoms with van der Waals surface area (Å²) in [6, 6.07) is 0. The fourth-order valence-electron chi connectivity index (χ4n) is 1.03. The van der Waals surface area contributed by atoms with Crippen molar-refractivity contribution in [1.29, 1.82) is 0 Å². The van der Waals surface area contributed by atoms with Crippen molar-refractivity contribution in [3.05, 3.63) is 16.5 Å². The minimum absolute atomic E-state index is 0.445. The van der Waals surface area contributed by atoms with Gasteiger partial charge >= 0.3 is 0 Å². The van der Waals surface area contributed by atoms with Crippen molar-refractivity contribution >= 4 is 27.3 Å². The molecule has 0 aliphatic carbocycles. The Morgan fingerprint density at radius 2 is 2.33 bits per heavy atom. The van der Waals surface area contributed by atoms with Gasteiger partial charge in [0.15, 0.2) is 5.82 Å². The van der Waals surface area contributed by atoms with E-state index in [9.17, 15) is 0 Å². The molecule has 0 aliphatic rings. The second-order valence-corrected chi connectivity index (χ2v) is 3.15. The van der Waals surface area contributed by atoms with E-state index in [2.05, 4.69) is 31.1 Å². The zero-order valence-electron chi connectivity index (χ0n) is 6.32. The highest BCUT2D eigenvalue weighted by Crippen LogP contribution is 2.21. The SMILES string of the molecule is Cc1c(Br)nn2ncnc(N)c12. The van der Waals surface area contributed by atoms with Crippen molar-refractivity contribution in [3.63, 3.8) is 0 Å². The lowest BCUT2D eigenvalue weighted by molar-refractivity contribution is 0.777. The van der Waals surface area contributed by atoms with Gasteiger partial charge in [-0.25, -0.2) is 4.98 Å². The highest BCUT2D eigenvalue weighted by Gasteiger charge is 2.09. The first-order chi connectivity index (χ1) is 5.70. The Labute approximate surface area is 76.7 Å². The van der Waals surface area contributed by atoms with Crippen LogP contribution in [-0.2, 0) is 0 Å². The van der Waals surface area contributed by atoms with Crippen LogP contribution in [0.5, 0.6) is 0 Å². The first kappa shape index (κ1) is 7.48. The molecule has 0 saturated heterocycles. The normalized spacial score (nSPS) is 10.8. The van der Waals surface area contributed by atoms with Crippen LogP contribution >= 0.6 is 15.9 Å². The van der Waals surface area contributed by atoms with Gasteiger partial charge in [0, 0.05) is 5.56 Å². The number of hydrogen-bond acceptors (Lipinski definition) is 4. The van der Waals surface area contributed by atoms with Crippen molar-refractivity contribution in [2.24, 2.45) is 0 Å². The summed E-state index contributed by atoms with van der Waals surface area (Å²) in [6.45, 7) is 1.91. The number of rotatable bonds is 0. The zero-order chi connectivity index (χ0) is 8.72. The van der Waals surface area contributed by atoms with Gasteiger partial charge in [-0.1, -0.05) is 0 Å². The van der Waals surface area contributed by atoms with E-state index >= 15 is 0 Å². The van der Waals surface area contributed by atoms with Crippen LogP contribution in [0.1, 0.15) is 5.56 Å². The van der Waals surface area contributed by atoms with E-state index in [1.165, 1.54) is 11.0 Å². The van der Waals surface area contributed by atoms with Crippen LogP contribution in [0, 0.1) is 6.92 Å². The van der Waals surface area contributed by atoms with Crippen LogP contribution in [0.3, 0.4) is 0 Å². The maximum absolute atomic E-state index is 5.64. The molecule has 2 aromatic heterocycles. The smallest absolute Gasteiger partial charge is 0.153 e. The highest BCUT2D eigenvalue weighted by molar-refractivity contribution is 9.10. The summed E-state index contributed by atoms with van der Waals surface area (Å²) in [7, 11) is 0. The molecule has 0 fully saturated rings. The standard InChI is InChI=1S/C6H6BrN5/c1-3-4-6(8)9-2-10-12(4)11-5(3)7/h2H,1H3,(H2,8,9,10). The molecule has 2 heterocycles. The molecule has 0 bridgehead atoms. The Bertz CT molecular complexity index is 435. The molecule has 6 heteroatoms. The predicted molar refractivity (Wildman–Crippen MR) is 47.6 cm³/mol. The van der Waals surface area contributed by atoms with Crippen molar-refractivity contribution in [2.45, 2.75) is 6.92 Å². The molecule has 2 N–H and O–H groups in total. The topological polar surface area (TPSA) is 69.1 Å². The minimum atomic E-state index is 0.445. The number of nitrogens with two attached hydrogens (primary N) is 1. The molecule has 0 atom stereocenters. The molecule has 0 unspecified atom stereocenters. The van der Waals surface area contributed by atoms with E-state index in [1.807, 2.05) is 6.92 Å². The third kappa shape index (κ3) is 0.878. The van der Waals surface area contributed by atoms with Gasteiger partial charge in [-0.2, -0.15) is 0 Å². The van der Waals surface area contributed by atoms with Gasteiger partial charge in [-0.3, -0.25) is 0 Å². The second-order valence-electron chi connectivity index (χ2n) is 2.40. The van der Waals surface area contributed by atoms with E-state index in [0.717, 1.165) is 15.7 Å². The van der Waals surface area contributed by atoms with Gasteiger partial charge in [0.05, 0.1) is 0 Å². The third-order valence-corrected chi connectivity index (χ3v) is 2.40. The molecular weight excluding hydrogens is 222 g/mol. The molecule has 0 saturated carbocycles. The van der Waals surface area contributed by atoms with Crippen LogP contribution in [-0.4, -0.2) is 19.8 Å². The quantitative estimate of drug-likeness (QED) is 0.723. The number of anilines is 1. The lowest BCUT2D eigenvalue weighted by atomic mass is 10.3. The summed E-state index contributed by atoms with van der Waals surface area (Å²) in [4.78, 5) is 3.87. The largest absolute Gasteiger partial charge is 0.382 e. The summed E-state index contributed by atoms with van der Waals surface area (Å²) in [5, 5.41) is 7.98. The van der Waals surface area contributed by atoms with Gasteiger partial charge in [-0.05, 0) is 22.9 Å². The number of fused-ring (bicyclic) bond motifs is 1. The number of halogens is 1. The van der Waals surface area contributed by atoms with Gasteiger partial charge < -0.3 is 5.73 Å². The van der Waals surface area contributed by atoms with E-state index in [0.29, 0.717) is 5.82 Å². The summed E-state index contributed by atoms with van der Waals surface area (Å²) < 4.78 is 2.21. The lowest BCUT2D eigenvalue weighted by Gasteiger charge is -1.94. The first-order valence-electron chi connectivity index (χ1n) is 3.31.